The Balaban J connectivity index is 1.43. The van der Waals surface area contributed by atoms with Crippen LogP contribution in [0.2, 0.25) is 5.02 Å². The predicted octanol–water partition coefficient (Wildman–Crippen LogP) is 4.49. The molecule has 0 aromatic heterocycles. The summed E-state index contributed by atoms with van der Waals surface area (Å²) in [6, 6.07) is 21.5. The minimum atomic E-state index is -0.405. The molecule has 162 valence electrons. The molecule has 0 heterocycles. The molecule has 3 rings (SSSR count). The van der Waals surface area contributed by atoms with E-state index in [4.69, 9.17) is 21.6 Å². The van der Waals surface area contributed by atoms with Crippen LogP contribution in [0.25, 0.3) is 0 Å². The molecule has 0 saturated heterocycles. The molecule has 0 atom stereocenters. The third kappa shape index (κ3) is 6.59. The van der Waals surface area contributed by atoms with Crippen molar-refractivity contribution < 1.29 is 14.3 Å². The number of hydrazine groups is 1. The molecule has 7 heteroatoms. The first-order valence-corrected chi connectivity index (χ1v) is 10.4. The van der Waals surface area contributed by atoms with Gasteiger partial charge >= 0.3 is 0 Å². The fourth-order valence-corrected chi connectivity index (χ4v) is 3.01. The van der Waals surface area contributed by atoms with Crippen molar-refractivity contribution in [2.45, 2.75) is 26.4 Å². The molecule has 3 aromatic rings. The summed E-state index contributed by atoms with van der Waals surface area (Å²) >= 11 is 6.02. The monoisotopic (exact) mass is 447 g/mol. The predicted molar refractivity (Wildman–Crippen MR) is 122 cm³/mol. The van der Waals surface area contributed by atoms with Gasteiger partial charge in [-0.1, -0.05) is 35.9 Å². The van der Waals surface area contributed by atoms with Crippen LogP contribution >= 0.6 is 11.6 Å². The highest BCUT2D eigenvalue weighted by Crippen LogP contribution is 2.22. The second-order valence-electron chi connectivity index (χ2n) is 7.21. The summed E-state index contributed by atoms with van der Waals surface area (Å²) in [7, 11) is 0. The molecule has 0 saturated carbocycles. The summed E-state index contributed by atoms with van der Waals surface area (Å²) in [5.41, 5.74) is 8.61. The van der Waals surface area contributed by atoms with Crippen molar-refractivity contribution in [1.82, 2.24) is 10.9 Å². The first-order valence-electron chi connectivity index (χ1n) is 10.0. The van der Waals surface area contributed by atoms with Crippen molar-refractivity contribution >= 4 is 23.4 Å². The molecule has 0 aliphatic rings. The lowest BCUT2D eigenvalue weighted by Gasteiger charge is -2.10. The Morgan fingerprint density at radius 3 is 2.31 bits per heavy atom. The first-order chi connectivity index (χ1) is 15.4. The topological polar surface area (TPSA) is 91.2 Å². The number of rotatable bonds is 7. The highest BCUT2D eigenvalue weighted by atomic mass is 35.5. The molecule has 0 spiro atoms. The molecular weight excluding hydrogens is 426 g/mol. The molecule has 3 aromatic carbocycles. The fraction of sp³-hybridized carbons (Fsp3) is 0.160. The van der Waals surface area contributed by atoms with Crippen molar-refractivity contribution in [3.63, 3.8) is 0 Å². The van der Waals surface area contributed by atoms with Gasteiger partial charge in [0, 0.05) is 17.0 Å². The maximum Gasteiger partial charge on any atom is 0.269 e. The lowest BCUT2D eigenvalue weighted by Crippen LogP contribution is -2.41. The van der Waals surface area contributed by atoms with Gasteiger partial charge in [0.15, 0.2) is 0 Å². The Morgan fingerprint density at radius 2 is 1.66 bits per heavy atom. The lowest BCUT2D eigenvalue weighted by molar-refractivity contribution is -0.121. The van der Waals surface area contributed by atoms with Crippen LogP contribution in [0.1, 0.15) is 39.0 Å². The van der Waals surface area contributed by atoms with E-state index in [1.807, 2.05) is 25.1 Å². The second kappa shape index (κ2) is 11.0. The van der Waals surface area contributed by atoms with Gasteiger partial charge in [-0.15, -0.1) is 0 Å². The van der Waals surface area contributed by atoms with Crippen LogP contribution in [0, 0.1) is 18.3 Å². The molecule has 32 heavy (non-hydrogen) atoms. The van der Waals surface area contributed by atoms with E-state index in [0.29, 0.717) is 29.2 Å². The number of benzene rings is 3. The number of carbonyl (C=O) groups is 2. The molecule has 2 amide bonds. The third-order valence-corrected chi connectivity index (χ3v) is 5.21. The van der Waals surface area contributed by atoms with Crippen LogP contribution in [0.5, 0.6) is 5.75 Å². The van der Waals surface area contributed by atoms with Gasteiger partial charge in [0.1, 0.15) is 12.4 Å². The second-order valence-corrected chi connectivity index (χ2v) is 7.61. The highest BCUT2D eigenvalue weighted by molar-refractivity contribution is 6.31. The van der Waals surface area contributed by atoms with Crippen molar-refractivity contribution in [2.75, 3.05) is 0 Å². The van der Waals surface area contributed by atoms with Crippen molar-refractivity contribution in [2.24, 2.45) is 0 Å². The molecular formula is C25H22ClN3O3. The normalized spacial score (nSPS) is 10.2. The number of nitriles is 1. The Kier molecular flexibility index (Phi) is 7.85. The molecule has 0 unspecified atom stereocenters. The van der Waals surface area contributed by atoms with E-state index in [1.165, 1.54) is 0 Å². The van der Waals surface area contributed by atoms with Crippen molar-refractivity contribution in [1.29, 1.82) is 5.26 Å². The number of carbonyl (C=O) groups excluding carboxylic acids is 2. The highest BCUT2D eigenvalue weighted by Gasteiger charge is 2.08. The summed E-state index contributed by atoms with van der Waals surface area (Å²) in [6.07, 6.45) is 0.724. The average molecular weight is 448 g/mol. The van der Waals surface area contributed by atoms with Crippen LogP contribution in [-0.2, 0) is 17.8 Å². The largest absolute Gasteiger partial charge is 0.489 e. The maximum absolute atomic E-state index is 12.3. The first kappa shape index (κ1) is 22.9. The molecule has 0 fully saturated rings. The van der Waals surface area contributed by atoms with Gasteiger partial charge in [-0.3, -0.25) is 20.4 Å². The number of halogens is 1. The summed E-state index contributed by atoms with van der Waals surface area (Å²) in [5, 5.41) is 9.49. The number of nitrogens with one attached hydrogen (secondary N) is 2. The quantitative estimate of drug-likeness (QED) is 0.522. The standard InChI is InChI=1S/C25H22ClN3O3/c1-17-14-22(11-12-23(17)26)32-16-20-6-9-21(10-7-20)25(31)29-28-24(30)13-8-18-2-4-19(15-27)5-3-18/h2-7,9-12,14H,8,13,16H2,1H3,(H,28,30)(H,29,31). The lowest BCUT2D eigenvalue weighted by atomic mass is 10.1. The molecule has 6 nitrogen and oxygen atoms in total. The van der Waals surface area contributed by atoms with E-state index < -0.39 is 5.91 Å². The van der Waals surface area contributed by atoms with E-state index in [-0.39, 0.29) is 12.3 Å². The van der Waals surface area contributed by atoms with E-state index in [0.717, 1.165) is 22.4 Å². The van der Waals surface area contributed by atoms with Gasteiger partial charge in [0.25, 0.3) is 5.91 Å². The Hall–Kier alpha value is -3.82. The van der Waals surface area contributed by atoms with E-state index in [9.17, 15) is 9.59 Å². The van der Waals surface area contributed by atoms with Gasteiger partial charge in [-0.2, -0.15) is 5.26 Å². The molecule has 2 N–H and O–H groups in total. The van der Waals surface area contributed by atoms with Gasteiger partial charge in [0.05, 0.1) is 11.6 Å². The SMILES string of the molecule is Cc1cc(OCc2ccc(C(=O)NNC(=O)CCc3ccc(C#N)cc3)cc2)ccc1Cl. The number of nitrogens with zero attached hydrogens (tertiary/aromatic N) is 1. The fourth-order valence-electron chi connectivity index (χ4n) is 2.89. The average Bonchev–Trinajstić information content (AvgIpc) is 2.82. The number of hydrogen-bond donors (Lipinski definition) is 2. The zero-order chi connectivity index (χ0) is 22.9. The Labute approximate surface area is 191 Å². The Bertz CT molecular complexity index is 1140. The van der Waals surface area contributed by atoms with Crippen molar-refractivity contribution in [3.8, 4) is 11.8 Å². The zero-order valence-electron chi connectivity index (χ0n) is 17.5. The maximum atomic E-state index is 12.3. The third-order valence-electron chi connectivity index (χ3n) is 4.79. The summed E-state index contributed by atoms with van der Waals surface area (Å²) < 4.78 is 5.75. The molecule has 0 bridgehead atoms. The van der Waals surface area contributed by atoms with Gasteiger partial charge < -0.3 is 4.74 Å². The van der Waals surface area contributed by atoms with Crippen LogP contribution in [0.3, 0.4) is 0 Å². The summed E-state index contributed by atoms with van der Waals surface area (Å²) in [5.74, 6) is 0.0148. The summed E-state index contributed by atoms with van der Waals surface area (Å²) in [4.78, 5) is 24.2. The van der Waals surface area contributed by atoms with Crippen LogP contribution in [0.4, 0.5) is 0 Å². The van der Waals surface area contributed by atoms with E-state index in [1.54, 1.807) is 48.5 Å². The van der Waals surface area contributed by atoms with Crippen LogP contribution in [0.15, 0.2) is 66.7 Å². The van der Waals surface area contributed by atoms with Gasteiger partial charge in [-0.05, 0) is 72.5 Å². The molecule has 0 aliphatic carbocycles. The smallest absolute Gasteiger partial charge is 0.269 e. The van der Waals surface area contributed by atoms with Crippen LogP contribution in [-0.4, -0.2) is 11.8 Å². The summed E-state index contributed by atoms with van der Waals surface area (Å²) in [6.45, 7) is 2.27. The van der Waals surface area contributed by atoms with Crippen LogP contribution < -0.4 is 15.6 Å². The van der Waals surface area contributed by atoms with Gasteiger partial charge in [-0.25, -0.2) is 0 Å². The minimum Gasteiger partial charge on any atom is -0.489 e. The molecule has 0 radical (unpaired) electrons. The van der Waals surface area contributed by atoms with Crippen molar-refractivity contribution in [3.05, 3.63) is 99.6 Å². The van der Waals surface area contributed by atoms with E-state index >= 15 is 0 Å². The minimum absolute atomic E-state index is 0.215. The van der Waals surface area contributed by atoms with E-state index in [2.05, 4.69) is 16.9 Å². The molecule has 0 aliphatic heterocycles. The number of amides is 2. The Morgan fingerprint density at radius 1 is 0.969 bits per heavy atom. The number of aryl methyl sites for hydroxylation is 2. The number of hydrogen-bond acceptors (Lipinski definition) is 4. The number of ether oxygens (including phenoxy) is 1. The zero-order valence-corrected chi connectivity index (χ0v) is 18.3. The van der Waals surface area contributed by atoms with Gasteiger partial charge in [0.2, 0.25) is 5.91 Å².